The van der Waals surface area contributed by atoms with Crippen molar-refractivity contribution in [2.75, 3.05) is 13.7 Å². The summed E-state index contributed by atoms with van der Waals surface area (Å²) in [7, 11) is 1.46. The summed E-state index contributed by atoms with van der Waals surface area (Å²) >= 11 is 0. The van der Waals surface area contributed by atoms with Gasteiger partial charge in [-0.05, 0) is 38.5 Å². The molecule has 2 unspecified atom stereocenters. The number of carbonyl (C=O) groups excluding carboxylic acids is 2. The van der Waals surface area contributed by atoms with Gasteiger partial charge >= 0.3 is 6.03 Å². The molecule has 2 atom stereocenters. The molecule has 6 nitrogen and oxygen atoms in total. The Morgan fingerprint density at radius 1 is 1.29 bits per heavy atom. The highest BCUT2D eigenvalue weighted by molar-refractivity contribution is 5.96. The van der Waals surface area contributed by atoms with Crippen LogP contribution in [0, 0.1) is 0 Å². The number of rotatable bonds is 6. The van der Waals surface area contributed by atoms with Crippen LogP contribution in [0.1, 0.15) is 32.4 Å². The number of carbonyl (C=O) groups is 2. The molecule has 0 aliphatic heterocycles. The smallest absolute Gasteiger partial charge is 0.321 e. The fourth-order valence-corrected chi connectivity index (χ4v) is 1.87. The Morgan fingerprint density at radius 2 is 2.00 bits per heavy atom. The lowest BCUT2D eigenvalue weighted by Gasteiger charge is -2.20. The Morgan fingerprint density at radius 3 is 2.62 bits per heavy atom. The van der Waals surface area contributed by atoms with E-state index in [2.05, 4.69) is 16.0 Å². The Bertz CT molecular complexity index is 491. The second kappa shape index (κ2) is 8.26. The lowest BCUT2D eigenvalue weighted by molar-refractivity contribution is -0.121. The van der Waals surface area contributed by atoms with Crippen LogP contribution >= 0.6 is 0 Å². The number of ether oxygens (including phenoxy) is 1. The van der Waals surface area contributed by atoms with Crippen LogP contribution in [0.2, 0.25) is 0 Å². The molecule has 1 rings (SSSR count). The van der Waals surface area contributed by atoms with Gasteiger partial charge in [-0.3, -0.25) is 15.4 Å². The third kappa shape index (κ3) is 5.43. The Kier molecular flexibility index (Phi) is 6.68. The van der Waals surface area contributed by atoms with Gasteiger partial charge in [-0.15, -0.1) is 0 Å². The highest BCUT2D eigenvalue weighted by atomic mass is 16.5. The molecule has 0 saturated heterocycles. The molecule has 0 aliphatic rings. The highest BCUT2D eigenvalue weighted by Gasteiger charge is 2.18. The molecular formula is C15H23N3O3. The third-order valence-corrected chi connectivity index (χ3v) is 3.03. The van der Waals surface area contributed by atoms with Gasteiger partial charge in [-0.25, -0.2) is 4.79 Å². The fraction of sp³-hybridized carbons (Fsp3) is 0.467. The SMILES string of the molecule is CCOc1cccc(C(C)NC(C)C(=O)NC(=O)NC)c1. The Balaban J connectivity index is 2.63. The summed E-state index contributed by atoms with van der Waals surface area (Å²) in [6.07, 6.45) is 0. The predicted octanol–water partition coefficient (Wildman–Crippen LogP) is 1.58. The zero-order valence-corrected chi connectivity index (χ0v) is 12.9. The molecule has 0 aromatic heterocycles. The first-order valence-electron chi connectivity index (χ1n) is 6.99. The Hall–Kier alpha value is -2.08. The van der Waals surface area contributed by atoms with Gasteiger partial charge < -0.3 is 10.1 Å². The van der Waals surface area contributed by atoms with Crippen LogP contribution in [-0.4, -0.2) is 31.6 Å². The number of imide groups is 1. The van der Waals surface area contributed by atoms with Gasteiger partial charge in [0.25, 0.3) is 0 Å². The van der Waals surface area contributed by atoms with Crippen LogP contribution in [0.5, 0.6) is 5.75 Å². The quantitative estimate of drug-likeness (QED) is 0.744. The average molecular weight is 293 g/mol. The number of nitrogens with one attached hydrogen (secondary N) is 3. The molecule has 0 saturated carbocycles. The molecule has 6 heteroatoms. The lowest BCUT2D eigenvalue weighted by Crippen LogP contribution is -2.47. The molecule has 0 bridgehead atoms. The highest BCUT2D eigenvalue weighted by Crippen LogP contribution is 2.19. The van der Waals surface area contributed by atoms with Crippen LogP contribution in [0.3, 0.4) is 0 Å². The second-order valence-electron chi connectivity index (χ2n) is 4.68. The molecule has 0 spiro atoms. The standard InChI is InChI=1S/C15H23N3O3/c1-5-21-13-8-6-7-12(9-13)10(2)17-11(3)14(19)18-15(20)16-4/h6-11,17H,5H2,1-4H3,(H2,16,18,19,20). The number of benzene rings is 1. The average Bonchev–Trinajstić information content (AvgIpc) is 2.47. The van der Waals surface area contributed by atoms with E-state index in [-0.39, 0.29) is 11.9 Å². The van der Waals surface area contributed by atoms with E-state index in [1.165, 1.54) is 7.05 Å². The molecule has 0 radical (unpaired) electrons. The van der Waals surface area contributed by atoms with Crippen molar-refractivity contribution in [3.63, 3.8) is 0 Å². The number of hydrogen-bond donors (Lipinski definition) is 3. The summed E-state index contributed by atoms with van der Waals surface area (Å²) in [5.41, 5.74) is 1.01. The van der Waals surface area contributed by atoms with Gasteiger partial charge in [0.15, 0.2) is 0 Å². The van der Waals surface area contributed by atoms with Crippen molar-refractivity contribution in [3.05, 3.63) is 29.8 Å². The summed E-state index contributed by atoms with van der Waals surface area (Å²) in [6, 6.07) is 6.65. The van der Waals surface area contributed by atoms with Gasteiger partial charge in [0.1, 0.15) is 5.75 Å². The van der Waals surface area contributed by atoms with Crippen LogP contribution in [-0.2, 0) is 4.79 Å². The molecule has 0 aliphatic carbocycles. The van der Waals surface area contributed by atoms with Crippen LogP contribution in [0.25, 0.3) is 0 Å². The normalized spacial score (nSPS) is 13.1. The van der Waals surface area contributed by atoms with E-state index in [0.29, 0.717) is 6.61 Å². The van der Waals surface area contributed by atoms with E-state index in [0.717, 1.165) is 11.3 Å². The Labute approximate surface area is 125 Å². The van der Waals surface area contributed by atoms with Gasteiger partial charge in [0, 0.05) is 13.1 Å². The molecule has 0 fully saturated rings. The summed E-state index contributed by atoms with van der Waals surface area (Å²) in [6.45, 7) is 6.20. The number of amides is 3. The molecule has 116 valence electrons. The summed E-state index contributed by atoms with van der Waals surface area (Å²) in [5.74, 6) is 0.424. The lowest BCUT2D eigenvalue weighted by atomic mass is 10.1. The predicted molar refractivity (Wildman–Crippen MR) is 81.2 cm³/mol. The van der Waals surface area contributed by atoms with E-state index in [9.17, 15) is 9.59 Å². The third-order valence-electron chi connectivity index (χ3n) is 3.03. The first-order chi connectivity index (χ1) is 9.97. The van der Waals surface area contributed by atoms with E-state index >= 15 is 0 Å². The van der Waals surface area contributed by atoms with Crippen LogP contribution in [0.15, 0.2) is 24.3 Å². The monoisotopic (exact) mass is 293 g/mol. The van der Waals surface area contributed by atoms with Crippen molar-refractivity contribution in [1.29, 1.82) is 0 Å². The summed E-state index contributed by atoms with van der Waals surface area (Å²) < 4.78 is 5.46. The number of urea groups is 1. The summed E-state index contributed by atoms with van der Waals surface area (Å²) in [5, 5.41) is 7.73. The first kappa shape index (κ1) is 17.0. The molecule has 3 N–H and O–H groups in total. The number of hydrogen-bond acceptors (Lipinski definition) is 4. The zero-order valence-electron chi connectivity index (χ0n) is 12.9. The van der Waals surface area contributed by atoms with Gasteiger partial charge in [-0.1, -0.05) is 12.1 Å². The molecule has 21 heavy (non-hydrogen) atoms. The van der Waals surface area contributed by atoms with Crippen molar-refractivity contribution >= 4 is 11.9 Å². The molecule has 1 aromatic carbocycles. The molecule has 0 heterocycles. The maximum absolute atomic E-state index is 11.8. The van der Waals surface area contributed by atoms with Gasteiger partial charge in [0.2, 0.25) is 5.91 Å². The largest absolute Gasteiger partial charge is 0.494 e. The molecule has 1 aromatic rings. The minimum absolute atomic E-state index is 0.0455. The van der Waals surface area contributed by atoms with E-state index in [1.54, 1.807) is 6.92 Å². The minimum atomic E-state index is -0.514. The fourth-order valence-electron chi connectivity index (χ4n) is 1.87. The van der Waals surface area contributed by atoms with Gasteiger partial charge in [-0.2, -0.15) is 0 Å². The topological polar surface area (TPSA) is 79.5 Å². The van der Waals surface area contributed by atoms with Crippen molar-refractivity contribution in [3.8, 4) is 5.75 Å². The molecule has 3 amide bonds. The van der Waals surface area contributed by atoms with Crippen LogP contribution < -0.4 is 20.7 Å². The van der Waals surface area contributed by atoms with Crippen LogP contribution in [0.4, 0.5) is 4.79 Å². The molecular weight excluding hydrogens is 270 g/mol. The van der Waals surface area contributed by atoms with Crippen molar-refractivity contribution in [1.82, 2.24) is 16.0 Å². The van der Waals surface area contributed by atoms with E-state index < -0.39 is 12.1 Å². The van der Waals surface area contributed by atoms with Crippen molar-refractivity contribution in [2.45, 2.75) is 32.9 Å². The maximum atomic E-state index is 11.8. The van der Waals surface area contributed by atoms with E-state index in [4.69, 9.17) is 4.74 Å². The van der Waals surface area contributed by atoms with Crippen molar-refractivity contribution in [2.24, 2.45) is 0 Å². The van der Waals surface area contributed by atoms with E-state index in [1.807, 2.05) is 38.1 Å². The second-order valence-corrected chi connectivity index (χ2v) is 4.68. The van der Waals surface area contributed by atoms with Crippen molar-refractivity contribution < 1.29 is 14.3 Å². The van der Waals surface area contributed by atoms with Gasteiger partial charge in [0.05, 0.1) is 12.6 Å². The zero-order chi connectivity index (χ0) is 15.8. The minimum Gasteiger partial charge on any atom is -0.494 e. The maximum Gasteiger partial charge on any atom is 0.321 e. The first-order valence-corrected chi connectivity index (χ1v) is 6.99. The summed E-state index contributed by atoms with van der Waals surface area (Å²) in [4.78, 5) is 22.9.